The number of aryl methyl sites for hydroxylation is 2. The van der Waals surface area contributed by atoms with Crippen molar-refractivity contribution in [3.8, 4) is 0 Å². The molecule has 1 nitrogen and oxygen atoms in total. The first-order valence-electron chi connectivity index (χ1n) is 4.72. The highest BCUT2D eigenvalue weighted by Crippen LogP contribution is 2.30. The maximum atomic E-state index is 4.43. The van der Waals surface area contributed by atoms with E-state index in [1.54, 1.807) is 0 Å². The van der Waals surface area contributed by atoms with Crippen LogP contribution in [0.3, 0.4) is 0 Å². The third kappa shape index (κ3) is 1.35. The van der Waals surface area contributed by atoms with E-state index in [0.717, 1.165) is 12.8 Å². The smallest absolute Gasteiger partial charge is 0.0844 e. The van der Waals surface area contributed by atoms with Crippen molar-refractivity contribution >= 4 is 21.6 Å². The lowest BCUT2D eigenvalue weighted by Crippen LogP contribution is -1.84. The summed E-state index contributed by atoms with van der Waals surface area (Å²) in [6, 6.07) is 4.17. The summed E-state index contributed by atoms with van der Waals surface area (Å²) in [7, 11) is 0. The van der Waals surface area contributed by atoms with Gasteiger partial charge >= 0.3 is 0 Å². The molecule has 2 rings (SSSR count). The van der Waals surface area contributed by atoms with Crippen LogP contribution in [0.1, 0.15) is 24.3 Å². The van der Waals surface area contributed by atoms with Crippen LogP contribution < -0.4 is 0 Å². The standard InChI is InChI=1S/C11H13NS/c1-3-8-9(4-2)13-10-6-5-7-12-11(8)10/h5-7H,3-4H2,1-2H3. The van der Waals surface area contributed by atoms with E-state index in [-0.39, 0.29) is 0 Å². The molecule has 2 aromatic heterocycles. The van der Waals surface area contributed by atoms with Crippen LogP contribution >= 0.6 is 11.3 Å². The molecule has 2 aromatic rings. The van der Waals surface area contributed by atoms with Crippen molar-refractivity contribution in [2.75, 3.05) is 0 Å². The Kier molecular flexibility index (Phi) is 2.32. The number of pyridine rings is 1. The minimum atomic E-state index is 1.10. The van der Waals surface area contributed by atoms with Crippen molar-refractivity contribution < 1.29 is 0 Å². The van der Waals surface area contributed by atoms with Gasteiger partial charge in [0.05, 0.1) is 10.2 Å². The van der Waals surface area contributed by atoms with Crippen molar-refractivity contribution in [2.45, 2.75) is 26.7 Å². The summed E-state index contributed by atoms with van der Waals surface area (Å²) < 4.78 is 1.33. The van der Waals surface area contributed by atoms with Gasteiger partial charge < -0.3 is 0 Å². The van der Waals surface area contributed by atoms with E-state index in [2.05, 4.69) is 24.9 Å². The van der Waals surface area contributed by atoms with Crippen LogP contribution in [0.25, 0.3) is 10.2 Å². The van der Waals surface area contributed by atoms with Gasteiger partial charge in [-0.2, -0.15) is 0 Å². The van der Waals surface area contributed by atoms with Crippen molar-refractivity contribution in [2.24, 2.45) is 0 Å². The predicted molar refractivity (Wildman–Crippen MR) is 58.4 cm³/mol. The molecule has 0 saturated heterocycles. The topological polar surface area (TPSA) is 12.9 Å². The summed E-state index contributed by atoms with van der Waals surface area (Å²) in [5.41, 5.74) is 2.66. The number of rotatable bonds is 2. The third-order valence-electron chi connectivity index (χ3n) is 2.30. The summed E-state index contributed by atoms with van der Waals surface area (Å²) in [6.45, 7) is 4.42. The van der Waals surface area contributed by atoms with Gasteiger partial charge in [-0.1, -0.05) is 13.8 Å². The monoisotopic (exact) mass is 191 g/mol. The predicted octanol–water partition coefficient (Wildman–Crippen LogP) is 3.42. The normalized spacial score (nSPS) is 10.9. The fourth-order valence-electron chi connectivity index (χ4n) is 1.68. The second-order valence-electron chi connectivity index (χ2n) is 3.06. The molecule has 0 aliphatic heterocycles. The Morgan fingerprint density at radius 1 is 1.31 bits per heavy atom. The summed E-state index contributed by atoms with van der Waals surface area (Å²) >= 11 is 1.89. The van der Waals surface area contributed by atoms with Crippen LogP contribution in [0.5, 0.6) is 0 Å². The third-order valence-corrected chi connectivity index (χ3v) is 3.63. The highest BCUT2D eigenvalue weighted by atomic mass is 32.1. The summed E-state index contributed by atoms with van der Waals surface area (Å²) in [5, 5.41) is 0. The van der Waals surface area contributed by atoms with Crippen LogP contribution in [-0.4, -0.2) is 4.98 Å². The van der Waals surface area contributed by atoms with Crippen molar-refractivity contribution in [1.82, 2.24) is 4.98 Å². The average Bonchev–Trinajstić information content (AvgIpc) is 2.55. The highest BCUT2D eigenvalue weighted by molar-refractivity contribution is 7.19. The van der Waals surface area contributed by atoms with E-state index in [0.29, 0.717) is 0 Å². The molecule has 0 fully saturated rings. The van der Waals surface area contributed by atoms with Crippen LogP contribution in [0, 0.1) is 0 Å². The van der Waals surface area contributed by atoms with Gasteiger partial charge in [0.25, 0.3) is 0 Å². The minimum Gasteiger partial charge on any atom is -0.255 e. The van der Waals surface area contributed by atoms with E-state index >= 15 is 0 Å². The van der Waals surface area contributed by atoms with E-state index in [1.165, 1.54) is 20.7 Å². The van der Waals surface area contributed by atoms with Gasteiger partial charge in [-0.05, 0) is 30.5 Å². The maximum absolute atomic E-state index is 4.43. The zero-order chi connectivity index (χ0) is 9.26. The lowest BCUT2D eigenvalue weighted by atomic mass is 10.1. The number of aromatic nitrogens is 1. The van der Waals surface area contributed by atoms with E-state index in [9.17, 15) is 0 Å². The molecular formula is C11H13NS. The first-order chi connectivity index (χ1) is 6.36. The van der Waals surface area contributed by atoms with Gasteiger partial charge in [0.1, 0.15) is 0 Å². The number of hydrogen-bond donors (Lipinski definition) is 0. The summed E-state index contributed by atoms with van der Waals surface area (Å²) in [6.07, 6.45) is 4.11. The van der Waals surface area contributed by atoms with Crippen LogP contribution in [0.4, 0.5) is 0 Å². The molecule has 0 N–H and O–H groups in total. The van der Waals surface area contributed by atoms with Crippen molar-refractivity contribution in [3.63, 3.8) is 0 Å². The van der Waals surface area contributed by atoms with Gasteiger partial charge in [-0.15, -0.1) is 11.3 Å². The minimum absolute atomic E-state index is 1.10. The molecule has 2 heteroatoms. The second kappa shape index (κ2) is 3.46. The van der Waals surface area contributed by atoms with Crippen molar-refractivity contribution in [3.05, 3.63) is 28.8 Å². The molecular weight excluding hydrogens is 178 g/mol. The molecule has 0 bridgehead atoms. The van der Waals surface area contributed by atoms with E-state index in [1.807, 2.05) is 23.6 Å². The molecule has 0 aliphatic carbocycles. The lowest BCUT2D eigenvalue weighted by molar-refractivity contribution is 1.08. The Balaban J connectivity index is 2.73. The molecule has 0 saturated carbocycles. The lowest BCUT2D eigenvalue weighted by Gasteiger charge is -1.95. The molecule has 0 radical (unpaired) electrons. The Hall–Kier alpha value is -0.890. The SMILES string of the molecule is CCc1sc2cccnc2c1CC. The van der Waals surface area contributed by atoms with Crippen LogP contribution in [-0.2, 0) is 12.8 Å². The van der Waals surface area contributed by atoms with Gasteiger partial charge in [0, 0.05) is 11.1 Å². The number of fused-ring (bicyclic) bond motifs is 1. The zero-order valence-electron chi connectivity index (χ0n) is 8.00. The zero-order valence-corrected chi connectivity index (χ0v) is 8.82. The van der Waals surface area contributed by atoms with E-state index in [4.69, 9.17) is 0 Å². The molecule has 0 atom stereocenters. The first-order valence-corrected chi connectivity index (χ1v) is 5.53. The highest BCUT2D eigenvalue weighted by Gasteiger charge is 2.08. The molecule has 68 valence electrons. The van der Waals surface area contributed by atoms with Crippen molar-refractivity contribution in [1.29, 1.82) is 0 Å². The summed E-state index contributed by atoms with van der Waals surface area (Å²) in [5.74, 6) is 0. The molecule has 13 heavy (non-hydrogen) atoms. The summed E-state index contributed by atoms with van der Waals surface area (Å²) in [4.78, 5) is 5.93. The van der Waals surface area contributed by atoms with Gasteiger partial charge in [0.15, 0.2) is 0 Å². The second-order valence-corrected chi connectivity index (χ2v) is 4.20. The van der Waals surface area contributed by atoms with Gasteiger partial charge in [-0.3, -0.25) is 4.98 Å². The Morgan fingerprint density at radius 2 is 2.15 bits per heavy atom. The molecule has 0 unspecified atom stereocenters. The Morgan fingerprint density at radius 3 is 2.85 bits per heavy atom. The number of nitrogens with zero attached hydrogens (tertiary/aromatic N) is 1. The largest absolute Gasteiger partial charge is 0.255 e. The van der Waals surface area contributed by atoms with Gasteiger partial charge in [0.2, 0.25) is 0 Å². The molecule has 0 aliphatic rings. The molecule has 0 spiro atoms. The number of thiophene rings is 1. The molecule has 0 aromatic carbocycles. The quantitative estimate of drug-likeness (QED) is 0.708. The van der Waals surface area contributed by atoms with Gasteiger partial charge in [-0.25, -0.2) is 0 Å². The molecule has 2 heterocycles. The Labute approximate surface area is 82.4 Å². The maximum Gasteiger partial charge on any atom is 0.0844 e. The average molecular weight is 191 g/mol. The number of hydrogen-bond acceptors (Lipinski definition) is 2. The van der Waals surface area contributed by atoms with Crippen LogP contribution in [0.2, 0.25) is 0 Å². The fourth-order valence-corrected chi connectivity index (χ4v) is 2.87. The first kappa shape index (κ1) is 8.70. The fraction of sp³-hybridized carbons (Fsp3) is 0.364. The molecule has 0 amide bonds. The Bertz CT molecular complexity index is 417. The van der Waals surface area contributed by atoms with Crippen LogP contribution in [0.15, 0.2) is 18.3 Å². The van der Waals surface area contributed by atoms with E-state index < -0.39 is 0 Å².